The van der Waals surface area contributed by atoms with Crippen LogP contribution in [0, 0.1) is 0 Å². The Morgan fingerprint density at radius 2 is 2.20 bits per heavy atom. The van der Waals surface area contributed by atoms with Crippen molar-refractivity contribution >= 4 is 27.7 Å². The normalized spacial score (nSPS) is 12.8. The van der Waals surface area contributed by atoms with Crippen LogP contribution in [-0.2, 0) is 6.42 Å². The molecule has 7 heteroatoms. The first-order chi connectivity index (χ1) is 9.58. The van der Waals surface area contributed by atoms with Crippen molar-refractivity contribution in [1.82, 2.24) is 9.97 Å². The minimum atomic E-state index is -1.22. The summed E-state index contributed by atoms with van der Waals surface area (Å²) < 4.78 is 6.22. The molecule has 0 radical (unpaired) electrons. The second kappa shape index (κ2) is 4.75. The number of aromatic nitrogens is 2. The van der Waals surface area contributed by atoms with E-state index in [0.29, 0.717) is 17.9 Å². The maximum absolute atomic E-state index is 12.5. The van der Waals surface area contributed by atoms with Crippen LogP contribution in [0.4, 0.5) is 0 Å². The van der Waals surface area contributed by atoms with Crippen molar-refractivity contribution in [3.05, 3.63) is 45.4 Å². The van der Waals surface area contributed by atoms with Crippen LogP contribution < -0.4 is 4.74 Å². The number of carboxylic acids is 1. The molecule has 0 unspecified atom stereocenters. The van der Waals surface area contributed by atoms with Crippen molar-refractivity contribution in [3.63, 3.8) is 0 Å². The number of carbonyl (C=O) groups excluding carboxylic acids is 1. The lowest BCUT2D eigenvalue weighted by atomic mass is 10.0. The van der Waals surface area contributed by atoms with Gasteiger partial charge in [0.05, 0.1) is 18.5 Å². The van der Waals surface area contributed by atoms with Gasteiger partial charge in [0.1, 0.15) is 11.4 Å². The summed E-state index contributed by atoms with van der Waals surface area (Å²) in [4.78, 5) is 29.8. The van der Waals surface area contributed by atoms with Crippen molar-refractivity contribution < 1.29 is 19.4 Å². The smallest absolute Gasteiger partial charge is 0.354 e. The van der Waals surface area contributed by atoms with Gasteiger partial charge in [-0.15, -0.1) is 0 Å². The fraction of sp³-hybridized carbons (Fsp3) is 0.154. The van der Waals surface area contributed by atoms with Gasteiger partial charge in [-0.1, -0.05) is 15.9 Å². The number of H-pyrrole nitrogens is 1. The lowest BCUT2D eigenvalue weighted by Crippen LogP contribution is -2.10. The van der Waals surface area contributed by atoms with Crippen LogP contribution in [0.25, 0.3) is 0 Å². The number of aromatic amines is 1. The van der Waals surface area contributed by atoms with E-state index in [1.54, 1.807) is 6.07 Å². The van der Waals surface area contributed by atoms with E-state index >= 15 is 0 Å². The SMILES string of the molecule is O=C(c1cc(Br)cc2c1OCC2)c1nc[nH]c1C(=O)O. The third kappa shape index (κ3) is 2.00. The van der Waals surface area contributed by atoms with Crippen LogP contribution >= 0.6 is 15.9 Å². The van der Waals surface area contributed by atoms with Gasteiger partial charge in [0.2, 0.25) is 5.78 Å². The second-order valence-electron chi connectivity index (χ2n) is 4.30. The first-order valence-electron chi connectivity index (χ1n) is 5.84. The Morgan fingerprint density at radius 1 is 1.40 bits per heavy atom. The molecule has 2 N–H and O–H groups in total. The molecule has 0 atom stereocenters. The fourth-order valence-corrected chi connectivity index (χ4v) is 2.70. The van der Waals surface area contributed by atoms with Crippen molar-refractivity contribution in [2.24, 2.45) is 0 Å². The molecule has 0 saturated carbocycles. The largest absolute Gasteiger partial charge is 0.492 e. The van der Waals surface area contributed by atoms with Gasteiger partial charge >= 0.3 is 5.97 Å². The molecule has 1 aromatic carbocycles. The van der Waals surface area contributed by atoms with Gasteiger partial charge in [-0.25, -0.2) is 9.78 Å². The molecule has 102 valence electrons. The monoisotopic (exact) mass is 336 g/mol. The van der Waals surface area contributed by atoms with E-state index in [1.807, 2.05) is 6.07 Å². The number of hydrogen-bond donors (Lipinski definition) is 2. The van der Waals surface area contributed by atoms with E-state index < -0.39 is 11.8 Å². The molecule has 20 heavy (non-hydrogen) atoms. The first-order valence-corrected chi connectivity index (χ1v) is 6.64. The molecular formula is C13H9BrN2O4. The minimum absolute atomic E-state index is 0.117. The van der Waals surface area contributed by atoms with Crippen molar-refractivity contribution in [1.29, 1.82) is 0 Å². The molecule has 0 saturated heterocycles. The zero-order valence-electron chi connectivity index (χ0n) is 10.1. The predicted molar refractivity (Wildman–Crippen MR) is 72.3 cm³/mol. The van der Waals surface area contributed by atoms with Crippen molar-refractivity contribution in [3.8, 4) is 5.75 Å². The standard InChI is InChI=1S/C13H9BrN2O4/c14-7-3-6-1-2-20-12(6)8(4-7)11(17)9-10(13(18)19)16-5-15-9/h3-5H,1-2H2,(H,15,16)(H,18,19). The van der Waals surface area contributed by atoms with E-state index in [-0.39, 0.29) is 11.4 Å². The number of ether oxygens (including phenoxy) is 1. The highest BCUT2D eigenvalue weighted by molar-refractivity contribution is 9.10. The van der Waals surface area contributed by atoms with Gasteiger partial charge in [-0.3, -0.25) is 4.79 Å². The number of benzene rings is 1. The van der Waals surface area contributed by atoms with Crippen molar-refractivity contribution in [2.75, 3.05) is 6.61 Å². The van der Waals surface area contributed by atoms with Crippen molar-refractivity contribution in [2.45, 2.75) is 6.42 Å². The molecule has 0 bridgehead atoms. The Morgan fingerprint density at radius 3 is 2.95 bits per heavy atom. The predicted octanol–water partition coefficient (Wildman–Crippen LogP) is 2.04. The van der Waals surface area contributed by atoms with Crippen LogP contribution in [0.15, 0.2) is 22.9 Å². The van der Waals surface area contributed by atoms with E-state index in [4.69, 9.17) is 9.84 Å². The topological polar surface area (TPSA) is 92.3 Å². The summed E-state index contributed by atoms with van der Waals surface area (Å²) in [5, 5.41) is 9.03. The molecule has 0 spiro atoms. The number of ketones is 1. The molecule has 0 amide bonds. The summed E-state index contributed by atoms with van der Waals surface area (Å²) in [5.74, 6) is -1.18. The lowest BCUT2D eigenvalue weighted by molar-refractivity contribution is 0.0686. The number of hydrogen-bond acceptors (Lipinski definition) is 4. The molecule has 0 aliphatic carbocycles. The summed E-state index contributed by atoms with van der Waals surface area (Å²) >= 11 is 3.34. The Bertz CT molecular complexity index is 723. The zero-order chi connectivity index (χ0) is 14.3. The number of rotatable bonds is 3. The quantitative estimate of drug-likeness (QED) is 0.836. The molecule has 1 aromatic heterocycles. The molecule has 2 aromatic rings. The van der Waals surface area contributed by atoms with E-state index in [9.17, 15) is 9.59 Å². The van der Waals surface area contributed by atoms with E-state index in [0.717, 1.165) is 16.5 Å². The Labute approximate surface area is 121 Å². The molecule has 0 fully saturated rings. The number of fused-ring (bicyclic) bond motifs is 1. The highest BCUT2D eigenvalue weighted by Crippen LogP contribution is 2.34. The second-order valence-corrected chi connectivity index (χ2v) is 5.22. The number of halogens is 1. The zero-order valence-corrected chi connectivity index (χ0v) is 11.7. The average molecular weight is 337 g/mol. The average Bonchev–Trinajstić information content (AvgIpc) is 3.04. The fourth-order valence-electron chi connectivity index (χ4n) is 2.19. The molecule has 1 aliphatic rings. The van der Waals surface area contributed by atoms with E-state index in [1.165, 1.54) is 6.33 Å². The molecule has 1 aliphatic heterocycles. The third-order valence-electron chi connectivity index (χ3n) is 3.06. The highest BCUT2D eigenvalue weighted by atomic mass is 79.9. The van der Waals surface area contributed by atoms with Gasteiger partial charge in [-0.05, 0) is 17.7 Å². The highest BCUT2D eigenvalue weighted by Gasteiger charge is 2.27. The Balaban J connectivity index is 2.12. The maximum atomic E-state index is 12.5. The molecule has 2 heterocycles. The van der Waals surface area contributed by atoms with Gasteiger partial charge in [0, 0.05) is 10.9 Å². The molecular weight excluding hydrogens is 328 g/mol. The molecule has 6 nitrogen and oxygen atoms in total. The third-order valence-corrected chi connectivity index (χ3v) is 3.52. The van der Waals surface area contributed by atoms with Crippen LogP contribution in [0.1, 0.15) is 32.1 Å². The number of carboxylic acid groups (broad SMARTS) is 1. The Hall–Kier alpha value is -2.15. The maximum Gasteiger partial charge on any atom is 0.354 e. The lowest BCUT2D eigenvalue weighted by Gasteiger charge is -2.07. The van der Waals surface area contributed by atoms with E-state index in [2.05, 4.69) is 25.9 Å². The molecule has 3 rings (SSSR count). The summed E-state index contributed by atoms with van der Waals surface area (Å²) in [6, 6.07) is 3.51. The van der Waals surface area contributed by atoms with Crippen LogP contribution in [0.3, 0.4) is 0 Å². The van der Waals surface area contributed by atoms with Gasteiger partial charge in [0.25, 0.3) is 0 Å². The summed E-state index contributed by atoms with van der Waals surface area (Å²) in [7, 11) is 0. The number of nitrogens with one attached hydrogen (secondary N) is 1. The van der Waals surface area contributed by atoms with Crippen LogP contribution in [0.5, 0.6) is 5.75 Å². The summed E-state index contributed by atoms with van der Waals surface area (Å²) in [6.07, 6.45) is 1.91. The minimum Gasteiger partial charge on any atom is -0.492 e. The number of carbonyl (C=O) groups is 2. The Kier molecular flexibility index (Phi) is 3.06. The first kappa shape index (κ1) is 12.9. The van der Waals surface area contributed by atoms with Crippen LogP contribution in [-0.4, -0.2) is 33.4 Å². The summed E-state index contributed by atoms with van der Waals surface area (Å²) in [5.41, 5.74) is 0.909. The van der Waals surface area contributed by atoms with Gasteiger partial charge in [-0.2, -0.15) is 0 Å². The number of aromatic carboxylic acids is 1. The van der Waals surface area contributed by atoms with Gasteiger partial charge < -0.3 is 14.8 Å². The van der Waals surface area contributed by atoms with Gasteiger partial charge in [0.15, 0.2) is 5.69 Å². The number of imidazole rings is 1. The number of nitrogens with zero attached hydrogens (tertiary/aromatic N) is 1. The summed E-state index contributed by atoms with van der Waals surface area (Å²) in [6.45, 7) is 0.512. The van der Waals surface area contributed by atoms with Crippen LogP contribution in [0.2, 0.25) is 0 Å².